The van der Waals surface area contributed by atoms with Gasteiger partial charge in [0.15, 0.2) is 0 Å². The van der Waals surface area contributed by atoms with Crippen molar-refractivity contribution >= 4 is 16.7 Å². The summed E-state index contributed by atoms with van der Waals surface area (Å²) in [5, 5.41) is 2.77. The number of ether oxygens (including phenoxy) is 1. The van der Waals surface area contributed by atoms with Crippen LogP contribution in [0.25, 0.3) is 0 Å². The number of amides is 1. The van der Waals surface area contributed by atoms with Crippen LogP contribution in [0, 0.1) is 0 Å². The van der Waals surface area contributed by atoms with Gasteiger partial charge in [0.05, 0.1) is 0 Å². The smallest absolute Gasteiger partial charge is 0.246 e. The standard InChI is InChI=1S/C9H19NO3S/c1-4-13-7-9(11)10-8(2)5-6-14(3)12/h8H,4-7H2,1-3H3,(H,10,11). The molecule has 0 rings (SSSR count). The van der Waals surface area contributed by atoms with Crippen LogP contribution in [0.4, 0.5) is 0 Å². The van der Waals surface area contributed by atoms with Crippen molar-refractivity contribution in [3.63, 3.8) is 0 Å². The van der Waals surface area contributed by atoms with Crippen molar-refractivity contribution in [2.75, 3.05) is 25.2 Å². The van der Waals surface area contributed by atoms with E-state index in [1.165, 1.54) is 0 Å². The molecule has 4 nitrogen and oxygen atoms in total. The first-order chi connectivity index (χ1) is 6.56. The highest BCUT2D eigenvalue weighted by Gasteiger charge is 2.07. The van der Waals surface area contributed by atoms with Crippen LogP contribution in [0.2, 0.25) is 0 Å². The van der Waals surface area contributed by atoms with E-state index in [0.29, 0.717) is 12.4 Å². The highest BCUT2D eigenvalue weighted by Crippen LogP contribution is 1.92. The van der Waals surface area contributed by atoms with Gasteiger partial charge in [-0.1, -0.05) is 0 Å². The predicted octanol–water partition coefficient (Wildman–Crippen LogP) is 0.296. The van der Waals surface area contributed by atoms with Crippen molar-refractivity contribution in [2.24, 2.45) is 0 Å². The van der Waals surface area contributed by atoms with E-state index in [0.717, 1.165) is 6.42 Å². The van der Waals surface area contributed by atoms with Crippen molar-refractivity contribution in [3.05, 3.63) is 0 Å². The molecule has 0 fully saturated rings. The largest absolute Gasteiger partial charge is 0.372 e. The van der Waals surface area contributed by atoms with E-state index in [-0.39, 0.29) is 18.6 Å². The maximum Gasteiger partial charge on any atom is 0.246 e. The Morgan fingerprint density at radius 1 is 1.57 bits per heavy atom. The number of carbonyl (C=O) groups excluding carboxylic acids is 1. The fourth-order valence-electron chi connectivity index (χ4n) is 0.926. The van der Waals surface area contributed by atoms with E-state index >= 15 is 0 Å². The summed E-state index contributed by atoms with van der Waals surface area (Å²) in [6.07, 6.45) is 2.40. The third-order valence-electron chi connectivity index (χ3n) is 1.68. The van der Waals surface area contributed by atoms with Crippen LogP contribution in [0.15, 0.2) is 0 Å². The molecule has 84 valence electrons. The molecule has 14 heavy (non-hydrogen) atoms. The maximum atomic E-state index is 11.1. The van der Waals surface area contributed by atoms with Crippen molar-refractivity contribution in [1.82, 2.24) is 5.32 Å². The van der Waals surface area contributed by atoms with Gasteiger partial charge in [-0.15, -0.1) is 0 Å². The van der Waals surface area contributed by atoms with E-state index in [9.17, 15) is 9.00 Å². The van der Waals surface area contributed by atoms with Crippen molar-refractivity contribution < 1.29 is 13.7 Å². The fraction of sp³-hybridized carbons (Fsp3) is 0.889. The molecule has 5 heteroatoms. The molecule has 0 aliphatic carbocycles. The summed E-state index contributed by atoms with van der Waals surface area (Å²) in [5.41, 5.74) is 0. The van der Waals surface area contributed by atoms with Gasteiger partial charge < -0.3 is 10.1 Å². The fourth-order valence-corrected chi connectivity index (χ4v) is 1.61. The van der Waals surface area contributed by atoms with Gasteiger partial charge in [-0.25, -0.2) is 0 Å². The van der Waals surface area contributed by atoms with E-state index in [2.05, 4.69) is 5.32 Å². The molecule has 1 N–H and O–H groups in total. The van der Waals surface area contributed by atoms with Gasteiger partial charge in [-0.2, -0.15) is 0 Å². The van der Waals surface area contributed by atoms with Gasteiger partial charge in [0, 0.05) is 35.5 Å². The van der Waals surface area contributed by atoms with Crippen LogP contribution < -0.4 is 5.32 Å². The summed E-state index contributed by atoms with van der Waals surface area (Å²) in [6.45, 7) is 4.39. The van der Waals surface area contributed by atoms with Crippen LogP contribution in [-0.2, 0) is 20.3 Å². The first kappa shape index (κ1) is 13.6. The molecule has 0 spiro atoms. The molecule has 0 aromatic rings. The minimum atomic E-state index is -0.789. The van der Waals surface area contributed by atoms with Crippen molar-refractivity contribution in [1.29, 1.82) is 0 Å². The molecule has 0 radical (unpaired) electrons. The Hall–Kier alpha value is -0.420. The molecule has 0 saturated heterocycles. The molecule has 2 unspecified atom stereocenters. The average Bonchev–Trinajstić information content (AvgIpc) is 2.11. The molecule has 0 aliphatic rings. The molecule has 0 heterocycles. The normalized spacial score (nSPS) is 14.8. The van der Waals surface area contributed by atoms with Crippen LogP contribution in [0.5, 0.6) is 0 Å². The Morgan fingerprint density at radius 3 is 2.71 bits per heavy atom. The third kappa shape index (κ3) is 8.19. The highest BCUT2D eigenvalue weighted by atomic mass is 32.2. The second-order valence-corrected chi connectivity index (χ2v) is 4.73. The highest BCUT2D eigenvalue weighted by molar-refractivity contribution is 7.84. The van der Waals surface area contributed by atoms with Crippen LogP contribution in [0.3, 0.4) is 0 Å². The molecule has 0 aromatic carbocycles. The van der Waals surface area contributed by atoms with Crippen LogP contribution in [0.1, 0.15) is 20.3 Å². The summed E-state index contributed by atoms with van der Waals surface area (Å²) in [7, 11) is -0.789. The van der Waals surface area contributed by atoms with Crippen LogP contribution in [-0.4, -0.2) is 41.4 Å². The SMILES string of the molecule is CCOCC(=O)NC(C)CCS(C)=O. The Morgan fingerprint density at radius 2 is 2.21 bits per heavy atom. The molecule has 2 atom stereocenters. The lowest BCUT2D eigenvalue weighted by molar-refractivity contribution is -0.126. The lowest BCUT2D eigenvalue weighted by atomic mass is 10.2. The predicted molar refractivity (Wildman–Crippen MR) is 57.6 cm³/mol. The third-order valence-corrected chi connectivity index (χ3v) is 2.49. The molecule has 0 aliphatic heterocycles. The lowest BCUT2D eigenvalue weighted by Gasteiger charge is -2.12. The number of hydrogen-bond donors (Lipinski definition) is 1. The zero-order chi connectivity index (χ0) is 11.0. The summed E-state index contributed by atoms with van der Waals surface area (Å²) >= 11 is 0. The van der Waals surface area contributed by atoms with Gasteiger partial charge in [-0.3, -0.25) is 9.00 Å². The van der Waals surface area contributed by atoms with Gasteiger partial charge in [0.25, 0.3) is 0 Å². The molecule has 0 saturated carbocycles. The summed E-state index contributed by atoms with van der Waals surface area (Å²) in [4.78, 5) is 11.1. The van der Waals surface area contributed by atoms with Crippen molar-refractivity contribution in [3.8, 4) is 0 Å². The Bertz CT molecular complexity index is 196. The Balaban J connectivity index is 3.55. The first-order valence-corrected chi connectivity index (χ1v) is 6.46. The average molecular weight is 221 g/mol. The molecular formula is C9H19NO3S. The minimum Gasteiger partial charge on any atom is -0.372 e. The van der Waals surface area contributed by atoms with E-state index in [4.69, 9.17) is 4.74 Å². The van der Waals surface area contributed by atoms with Gasteiger partial charge in [0.1, 0.15) is 6.61 Å². The van der Waals surface area contributed by atoms with Crippen LogP contribution >= 0.6 is 0 Å². The molecular weight excluding hydrogens is 202 g/mol. The minimum absolute atomic E-state index is 0.0619. The number of carbonyl (C=O) groups is 1. The number of rotatable bonds is 7. The quantitative estimate of drug-likeness (QED) is 0.672. The van der Waals surface area contributed by atoms with E-state index in [1.54, 1.807) is 6.26 Å². The molecule has 1 amide bonds. The monoisotopic (exact) mass is 221 g/mol. The summed E-state index contributed by atoms with van der Waals surface area (Å²) < 4.78 is 15.7. The van der Waals surface area contributed by atoms with Gasteiger partial charge in [-0.05, 0) is 20.3 Å². The second kappa shape index (κ2) is 7.94. The van der Waals surface area contributed by atoms with E-state index < -0.39 is 10.8 Å². The Kier molecular flexibility index (Phi) is 7.70. The van der Waals surface area contributed by atoms with Gasteiger partial charge >= 0.3 is 0 Å². The molecule has 0 bridgehead atoms. The lowest BCUT2D eigenvalue weighted by Crippen LogP contribution is -2.36. The number of nitrogens with one attached hydrogen (secondary N) is 1. The zero-order valence-electron chi connectivity index (χ0n) is 9.04. The van der Waals surface area contributed by atoms with Crippen molar-refractivity contribution in [2.45, 2.75) is 26.3 Å². The van der Waals surface area contributed by atoms with E-state index in [1.807, 2.05) is 13.8 Å². The summed E-state index contributed by atoms with van der Waals surface area (Å²) in [6, 6.07) is 0.0619. The zero-order valence-corrected chi connectivity index (χ0v) is 9.86. The molecule has 0 aromatic heterocycles. The Labute approximate surface area is 87.9 Å². The topological polar surface area (TPSA) is 55.4 Å². The van der Waals surface area contributed by atoms with Gasteiger partial charge in [0.2, 0.25) is 5.91 Å². The second-order valence-electron chi connectivity index (χ2n) is 3.17. The maximum absolute atomic E-state index is 11.1. The summed E-state index contributed by atoms with van der Waals surface area (Å²) in [5.74, 6) is 0.511. The first-order valence-electron chi connectivity index (χ1n) is 4.73. The number of hydrogen-bond acceptors (Lipinski definition) is 3.